The lowest BCUT2D eigenvalue weighted by atomic mass is 9.84. The Morgan fingerprint density at radius 3 is 1.31 bits per heavy atom. The summed E-state index contributed by atoms with van der Waals surface area (Å²) in [6.45, 7) is 15.7. The van der Waals surface area contributed by atoms with Gasteiger partial charge in [-0.3, -0.25) is 0 Å². The van der Waals surface area contributed by atoms with E-state index >= 15 is 0 Å². The second kappa shape index (κ2) is 8.20. The molecular weight excluding hydrogens is 368 g/mol. The van der Waals surface area contributed by atoms with Crippen LogP contribution in [0.4, 0.5) is 0 Å². The van der Waals surface area contributed by atoms with Crippen molar-refractivity contribution < 1.29 is 4.43 Å². The van der Waals surface area contributed by atoms with Crippen LogP contribution in [-0.2, 0) is 0 Å². The molecule has 0 aliphatic heterocycles. The van der Waals surface area contributed by atoms with Crippen LogP contribution in [0.25, 0.3) is 0 Å². The van der Waals surface area contributed by atoms with Gasteiger partial charge in [0.05, 0.1) is 0 Å². The van der Waals surface area contributed by atoms with Crippen LogP contribution in [0.2, 0.25) is 18.1 Å². The number of benzene rings is 3. The average Bonchev–Trinajstić information content (AvgIpc) is 2.65. The van der Waals surface area contributed by atoms with E-state index in [1.54, 1.807) is 0 Å². The van der Waals surface area contributed by atoms with Crippen molar-refractivity contribution in [3.63, 3.8) is 0 Å². The van der Waals surface area contributed by atoms with Gasteiger partial charge in [-0.2, -0.15) is 0 Å². The van der Waals surface area contributed by atoms with Gasteiger partial charge in [0.25, 0.3) is 0 Å². The van der Waals surface area contributed by atoms with E-state index in [1.165, 1.54) is 27.8 Å². The van der Waals surface area contributed by atoms with E-state index < -0.39 is 8.32 Å². The summed E-state index contributed by atoms with van der Waals surface area (Å²) in [5.74, 6) is 1.20. The van der Waals surface area contributed by atoms with Crippen LogP contribution in [0, 0.1) is 13.8 Å². The van der Waals surface area contributed by atoms with Crippen molar-refractivity contribution >= 4 is 8.32 Å². The Morgan fingerprint density at radius 2 is 0.966 bits per heavy atom. The highest BCUT2D eigenvalue weighted by Crippen LogP contribution is 2.38. The number of rotatable bonds is 5. The van der Waals surface area contributed by atoms with Crippen LogP contribution in [0.15, 0.2) is 72.8 Å². The Morgan fingerprint density at radius 1 is 0.621 bits per heavy atom. The van der Waals surface area contributed by atoms with Gasteiger partial charge >= 0.3 is 0 Å². The summed E-state index contributed by atoms with van der Waals surface area (Å²) in [4.78, 5) is 0. The Hall–Kier alpha value is -2.32. The van der Waals surface area contributed by atoms with Crippen LogP contribution in [-0.4, -0.2) is 8.32 Å². The minimum Gasteiger partial charge on any atom is -0.544 e. The molecule has 0 saturated carbocycles. The smallest absolute Gasteiger partial charge is 0.250 e. The van der Waals surface area contributed by atoms with Crippen molar-refractivity contribution in [2.24, 2.45) is 0 Å². The van der Waals surface area contributed by atoms with Gasteiger partial charge in [0, 0.05) is 5.92 Å². The average molecular weight is 403 g/mol. The summed E-state index contributed by atoms with van der Waals surface area (Å²) in [5, 5.41) is 0.192. The van der Waals surface area contributed by atoms with E-state index in [9.17, 15) is 0 Å². The van der Waals surface area contributed by atoms with Crippen molar-refractivity contribution in [2.75, 3.05) is 0 Å². The van der Waals surface area contributed by atoms with Crippen LogP contribution < -0.4 is 4.43 Å². The van der Waals surface area contributed by atoms with Gasteiger partial charge in [0.2, 0.25) is 8.32 Å². The summed E-state index contributed by atoms with van der Waals surface area (Å²) in [6, 6.07) is 26.5. The predicted molar refractivity (Wildman–Crippen MR) is 128 cm³/mol. The topological polar surface area (TPSA) is 9.23 Å². The lowest BCUT2D eigenvalue weighted by Crippen LogP contribution is -2.43. The molecule has 0 radical (unpaired) electrons. The molecule has 0 spiro atoms. The third-order valence-electron chi connectivity index (χ3n) is 6.21. The van der Waals surface area contributed by atoms with Crippen molar-refractivity contribution in [3.05, 3.63) is 101 Å². The molecule has 3 rings (SSSR count). The largest absolute Gasteiger partial charge is 0.544 e. The highest BCUT2D eigenvalue weighted by Gasteiger charge is 2.38. The molecular formula is C27H34OSi. The van der Waals surface area contributed by atoms with Crippen molar-refractivity contribution in [3.8, 4) is 5.75 Å². The fourth-order valence-corrected chi connectivity index (χ4v) is 4.30. The third kappa shape index (κ3) is 5.00. The monoisotopic (exact) mass is 402 g/mol. The Labute approximate surface area is 177 Å². The van der Waals surface area contributed by atoms with Gasteiger partial charge in [-0.1, -0.05) is 92.6 Å². The molecule has 29 heavy (non-hydrogen) atoms. The Kier molecular flexibility index (Phi) is 6.04. The van der Waals surface area contributed by atoms with E-state index in [4.69, 9.17) is 4.43 Å². The van der Waals surface area contributed by atoms with E-state index in [2.05, 4.69) is 121 Å². The molecule has 1 nitrogen and oxygen atoms in total. The third-order valence-corrected chi connectivity index (χ3v) is 10.6. The molecule has 0 atom stereocenters. The second-order valence-electron chi connectivity index (χ2n) is 9.69. The molecule has 0 unspecified atom stereocenters. The van der Waals surface area contributed by atoms with E-state index in [0.717, 1.165) is 5.75 Å². The maximum absolute atomic E-state index is 6.48. The zero-order chi connectivity index (χ0) is 21.2. The van der Waals surface area contributed by atoms with E-state index in [1.807, 2.05) is 0 Å². The minimum atomic E-state index is -1.83. The standard InChI is InChI=1S/C27H34OSi/c1-20-8-12-22(13-9-20)26(23-14-10-21(2)11-15-23)24-16-18-25(19-17-24)28-29(6,7)27(3,4)5/h8-19,26H,1-7H3. The van der Waals surface area contributed by atoms with Crippen LogP contribution in [0.5, 0.6) is 5.75 Å². The lowest BCUT2D eigenvalue weighted by Gasteiger charge is -2.36. The second-order valence-corrected chi connectivity index (χ2v) is 14.4. The molecule has 0 bridgehead atoms. The van der Waals surface area contributed by atoms with Gasteiger partial charge in [0.1, 0.15) is 5.75 Å². The molecule has 0 amide bonds. The minimum absolute atomic E-state index is 0.192. The molecule has 0 aliphatic carbocycles. The van der Waals surface area contributed by atoms with Gasteiger partial charge in [-0.15, -0.1) is 0 Å². The molecule has 0 fully saturated rings. The first-order chi connectivity index (χ1) is 13.6. The first-order valence-electron chi connectivity index (χ1n) is 10.5. The zero-order valence-electron chi connectivity index (χ0n) is 18.9. The molecule has 0 aromatic heterocycles. The van der Waals surface area contributed by atoms with Crippen LogP contribution in [0.1, 0.15) is 54.5 Å². The number of hydrogen-bond donors (Lipinski definition) is 0. The quantitative estimate of drug-likeness (QED) is 0.312. The Bertz CT molecular complexity index is 884. The maximum Gasteiger partial charge on any atom is 0.250 e. The van der Waals surface area contributed by atoms with E-state index in [0.29, 0.717) is 0 Å². The predicted octanol–water partition coefficient (Wildman–Crippen LogP) is 7.87. The molecule has 0 N–H and O–H groups in total. The summed E-state index contributed by atoms with van der Waals surface area (Å²) >= 11 is 0. The summed E-state index contributed by atoms with van der Waals surface area (Å²) in [5.41, 5.74) is 6.50. The summed E-state index contributed by atoms with van der Waals surface area (Å²) < 4.78 is 6.48. The molecule has 0 heterocycles. The normalized spacial score (nSPS) is 12.3. The van der Waals surface area contributed by atoms with Crippen LogP contribution in [0.3, 0.4) is 0 Å². The fourth-order valence-electron chi connectivity index (χ4n) is 3.27. The molecule has 152 valence electrons. The fraction of sp³-hybridized carbons (Fsp3) is 0.333. The highest BCUT2D eigenvalue weighted by molar-refractivity contribution is 6.74. The SMILES string of the molecule is Cc1ccc(C(c2ccc(C)cc2)c2ccc(O[Si](C)(C)C(C)(C)C)cc2)cc1. The van der Waals surface area contributed by atoms with Gasteiger partial charge < -0.3 is 4.43 Å². The Balaban J connectivity index is 1.96. The maximum atomic E-state index is 6.48. The van der Waals surface area contributed by atoms with Crippen molar-refractivity contribution in [2.45, 2.75) is 58.7 Å². The van der Waals surface area contributed by atoms with Crippen LogP contribution >= 0.6 is 0 Å². The highest BCUT2D eigenvalue weighted by atomic mass is 28.4. The van der Waals surface area contributed by atoms with Crippen molar-refractivity contribution in [1.82, 2.24) is 0 Å². The van der Waals surface area contributed by atoms with E-state index in [-0.39, 0.29) is 11.0 Å². The lowest BCUT2D eigenvalue weighted by molar-refractivity contribution is 0.492. The van der Waals surface area contributed by atoms with Gasteiger partial charge in [-0.25, -0.2) is 0 Å². The number of aryl methyl sites for hydroxylation is 2. The van der Waals surface area contributed by atoms with Crippen molar-refractivity contribution in [1.29, 1.82) is 0 Å². The molecule has 0 saturated heterocycles. The molecule has 3 aromatic carbocycles. The first-order valence-corrected chi connectivity index (χ1v) is 13.4. The molecule has 3 aromatic rings. The first kappa shape index (κ1) is 21.4. The van der Waals surface area contributed by atoms with Gasteiger partial charge in [-0.05, 0) is 60.8 Å². The summed E-state index contributed by atoms with van der Waals surface area (Å²) in [7, 11) is -1.83. The molecule has 0 aliphatic rings. The summed E-state index contributed by atoms with van der Waals surface area (Å²) in [6.07, 6.45) is 0. The molecule has 2 heteroatoms. The zero-order valence-corrected chi connectivity index (χ0v) is 19.9. The van der Waals surface area contributed by atoms with Gasteiger partial charge in [0.15, 0.2) is 0 Å². The number of hydrogen-bond acceptors (Lipinski definition) is 1.